The number of amides is 1. The number of unbranched alkanes of at least 4 members (excludes halogenated alkanes) is 3. The lowest BCUT2D eigenvalue weighted by Crippen LogP contribution is -2.30. The van der Waals surface area contributed by atoms with Crippen LogP contribution in [0.1, 0.15) is 48.7 Å². The summed E-state index contributed by atoms with van der Waals surface area (Å²) >= 11 is 0. The van der Waals surface area contributed by atoms with Gasteiger partial charge in [-0.15, -0.1) is 0 Å². The first kappa shape index (κ1) is 21.4. The SMILES string of the molecule is CCCCCCn1nc(C(=O)NCc2ccc(-n3cncn3)nc2)c2ccccc2c1=O. The van der Waals surface area contributed by atoms with E-state index < -0.39 is 0 Å². The zero-order valence-electron chi connectivity index (χ0n) is 17.9. The summed E-state index contributed by atoms with van der Waals surface area (Å²) < 4.78 is 2.98. The van der Waals surface area contributed by atoms with Gasteiger partial charge >= 0.3 is 0 Å². The minimum atomic E-state index is -0.330. The number of aromatic nitrogens is 6. The number of nitrogens with zero attached hydrogens (tertiary/aromatic N) is 6. The molecule has 0 unspecified atom stereocenters. The van der Waals surface area contributed by atoms with Crippen LogP contribution >= 0.6 is 0 Å². The number of pyridine rings is 1. The standard InChI is InChI=1S/C23H25N7O2/c1-2-3-4-7-12-29-23(32)19-9-6-5-8-18(19)21(28-29)22(31)26-14-17-10-11-20(25-13-17)30-16-24-15-27-30/h5-6,8-11,13,15-16H,2-4,7,12,14H2,1H3,(H,26,31). The van der Waals surface area contributed by atoms with E-state index in [1.54, 1.807) is 47.5 Å². The Labute approximate surface area is 185 Å². The van der Waals surface area contributed by atoms with Gasteiger partial charge in [-0.2, -0.15) is 10.2 Å². The average molecular weight is 432 g/mol. The minimum absolute atomic E-state index is 0.165. The van der Waals surface area contributed by atoms with Crippen LogP contribution < -0.4 is 10.9 Å². The molecule has 0 saturated carbocycles. The summed E-state index contributed by atoms with van der Waals surface area (Å²) in [6, 6.07) is 10.8. The van der Waals surface area contributed by atoms with Crippen LogP contribution in [0.5, 0.6) is 0 Å². The summed E-state index contributed by atoms with van der Waals surface area (Å²) in [7, 11) is 0. The fourth-order valence-corrected chi connectivity index (χ4v) is 3.49. The largest absolute Gasteiger partial charge is 0.346 e. The van der Waals surface area contributed by atoms with Crippen molar-refractivity contribution in [2.24, 2.45) is 0 Å². The highest BCUT2D eigenvalue weighted by Gasteiger charge is 2.16. The third-order valence-corrected chi connectivity index (χ3v) is 5.22. The summed E-state index contributed by atoms with van der Waals surface area (Å²) in [4.78, 5) is 34.1. The molecule has 1 aromatic carbocycles. The van der Waals surface area contributed by atoms with Gasteiger partial charge in [-0.05, 0) is 24.1 Å². The molecule has 1 N–H and O–H groups in total. The van der Waals surface area contributed by atoms with E-state index in [-0.39, 0.29) is 23.7 Å². The van der Waals surface area contributed by atoms with E-state index in [1.807, 2.05) is 6.07 Å². The Morgan fingerprint density at radius 3 is 2.62 bits per heavy atom. The fourth-order valence-electron chi connectivity index (χ4n) is 3.49. The molecule has 4 rings (SSSR count). The Morgan fingerprint density at radius 2 is 1.91 bits per heavy atom. The predicted octanol–water partition coefficient (Wildman–Crippen LogP) is 2.88. The van der Waals surface area contributed by atoms with E-state index in [4.69, 9.17) is 0 Å². The molecule has 0 fully saturated rings. The lowest BCUT2D eigenvalue weighted by atomic mass is 10.1. The molecule has 9 nitrogen and oxygen atoms in total. The van der Waals surface area contributed by atoms with Crippen molar-refractivity contribution in [3.8, 4) is 5.82 Å². The molecule has 32 heavy (non-hydrogen) atoms. The van der Waals surface area contributed by atoms with E-state index in [1.165, 1.54) is 11.0 Å². The van der Waals surface area contributed by atoms with Crippen molar-refractivity contribution in [1.82, 2.24) is 34.8 Å². The third kappa shape index (κ3) is 4.72. The first-order chi connectivity index (χ1) is 15.7. The summed E-state index contributed by atoms with van der Waals surface area (Å²) in [5.41, 5.74) is 0.920. The molecular weight excluding hydrogens is 406 g/mol. The van der Waals surface area contributed by atoms with E-state index in [0.29, 0.717) is 23.1 Å². The number of aryl methyl sites for hydroxylation is 1. The summed E-state index contributed by atoms with van der Waals surface area (Å²) in [5.74, 6) is 0.309. The van der Waals surface area contributed by atoms with E-state index >= 15 is 0 Å². The van der Waals surface area contributed by atoms with E-state index in [0.717, 1.165) is 31.2 Å². The maximum absolute atomic E-state index is 13.0. The van der Waals surface area contributed by atoms with Crippen LogP contribution in [0.4, 0.5) is 0 Å². The molecule has 0 radical (unpaired) electrons. The zero-order valence-corrected chi connectivity index (χ0v) is 17.9. The van der Waals surface area contributed by atoms with Crippen molar-refractivity contribution in [3.05, 3.63) is 76.9 Å². The van der Waals surface area contributed by atoms with Crippen LogP contribution in [0, 0.1) is 0 Å². The van der Waals surface area contributed by atoms with Crippen molar-refractivity contribution in [1.29, 1.82) is 0 Å². The first-order valence-corrected chi connectivity index (χ1v) is 10.8. The third-order valence-electron chi connectivity index (χ3n) is 5.22. The van der Waals surface area contributed by atoms with Crippen molar-refractivity contribution < 1.29 is 4.79 Å². The summed E-state index contributed by atoms with van der Waals surface area (Å²) in [6.07, 6.45) is 8.79. The summed E-state index contributed by atoms with van der Waals surface area (Å²) in [5, 5.41) is 12.4. The van der Waals surface area contributed by atoms with Crippen LogP contribution in [-0.4, -0.2) is 35.4 Å². The van der Waals surface area contributed by atoms with Gasteiger partial charge in [-0.3, -0.25) is 9.59 Å². The molecule has 0 spiro atoms. The second kappa shape index (κ2) is 9.95. The number of carbonyl (C=O) groups is 1. The van der Waals surface area contributed by atoms with Crippen LogP contribution in [0.15, 0.2) is 60.0 Å². The van der Waals surface area contributed by atoms with Gasteiger partial charge in [0.25, 0.3) is 11.5 Å². The van der Waals surface area contributed by atoms with Crippen LogP contribution in [0.2, 0.25) is 0 Å². The number of carbonyl (C=O) groups excluding carboxylic acids is 1. The van der Waals surface area contributed by atoms with Gasteiger partial charge in [0.1, 0.15) is 12.7 Å². The molecule has 0 aliphatic carbocycles. The maximum Gasteiger partial charge on any atom is 0.274 e. The average Bonchev–Trinajstić information content (AvgIpc) is 3.37. The fraction of sp³-hybridized carbons (Fsp3) is 0.304. The van der Waals surface area contributed by atoms with Gasteiger partial charge in [0.2, 0.25) is 0 Å². The number of fused-ring (bicyclic) bond motifs is 1. The van der Waals surface area contributed by atoms with Crippen LogP contribution in [0.3, 0.4) is 0 Å². The topological polar surface area (TPSA) is 108 Å². The Balaban J connectivity index is 1.52. The molecule has 9 heteroatoms. The first-order valence-electron chi connectivity index (χ1n) is 10.8. The smallest absolute Gasteiger partial charge is 0.274 e. The van der Waals surface area contributed by atoms with Crippen LogP contribution in [0.25, 0.3) is 16.6 Å². The van der Waals surface area contributed by atoms with Gasteiger partial charge in [0, 0.05) is 24.7 Å². The Kier molecular flexibility index (Phi) is 6.64. The van der Waals surface area contributed by atoms with E-state index in [2.05, 4.69) is 32.4 Å². The highest BCUT2D eigenvalue weighted by atomic mass is 16.2. The predicted molar refractivity (Wildman–Crippen MR) is 120 cm³/mol. The second-order valence-corrected chi connectivity index (χ2v) is 7.53. The van der Waals surface area contributed by atoms with Gasteiger partial charge in [0.05, 0.1) is 5.39 Å². The quantitative estimate of drug-likeness (QED) is 0.408. The van der Waals surface area contributed by atoms with Crippen molar-refractivity contribution >= 4 is 16.7 Å². The summed E-state index contributed by atoms with van der Waals surface area (Å²) in [6.45, 7) is 2.92. The molecule has 0 atom stereocenters. The minimum Gasteiger partial charge on any atom is -0.346 e. The maximum atomic E-state index is 13.0. The second-order valence-electron chi connectivity index (χ2n) is 7.53. The number of rotatable bonds is 9. The van der Waals surface area contributed by atoms with Gasteiger partial charge in [-0.25, -0.2) is 19.3 Å². The van der Waals surface area contributed by atoms with Gasteiger partial charge in [0.15, 0.2) is 11.5 Å². The van der Waals surface area contributed by atoms with Gasteiger partial charge < -0.3 is 5.32 Å². The zero-order chi connectivity index (χ0) is 22.3. The normalized spacial score (nSPS) is 11.0. The molecule has 4 aromatic rings. The molecule has 164 valence electrons. The molecule has 0 saturated heterocycles. The lowest BCUT2D eigenvalue weighted by molar-refractivity contribution is 0.0945. The monoisotopic (exact) mass is 431 g/mol. The molecule has 0 aliphatic rings. The van der Waals surface area contributed by atoms with Crippen molar-refractivity contribution in [2.75, 3.05) is 0 Å². The number of benzene rings is 1. The van der Waals surface area contributed by atoms with Gasteiger partial charge in [-0.1, -0.05) is 50.5 Å². The van der Waals surface area contributed by atoms with E-state index in [9.17, 15) is 9.59 Å². The van der Waals surface area contributed by atoms with Crippen molar-refractivity contribution in [2.45, 2.75) is 45.7 Å². The van der Waals surface area contributed by atoms with Crippen LogP contribution in [-0.2, 0) is 13.1 Å². The molecule has 0 aliphatic heterocycles. The molecule has 1 amide bonds. The van der Waals surface area contributed by atoms with Crippen molar-refractivity contribution in [3.63, 3.8) is 0 Å². The highest BCUT2D eigenvalue weighted by molar-refractivity contribution is 6.04. The highest BCUT2D eigenvalue weighted by Crippen LogP contribution is 2.14. The number of nitrogens with one attached hydrogen (secondary N) is 1. The Morgan fingerprint density at radius 1 is 1.06 bits per heavy atom. The Hall–Kier alpha value is -3.88. The lowest BCUT2D eigenvalue weighted by Gasteiger charge is -2.11. The molecule has 0 bridgehead atoms. The molecular formula is C23H25N7O2. The number of hydrogen-bond acceptors (Lipinski definition) is 6. The number of hydrogen-bond donors (Lipinski definition) is 1. The molecule has 3 heterocycles. The molecule has 3 aromatic heterocycles. The Bertz CT molecular complexity index is 1250.